The number of carbonyl (C=O) groups excluding carboxylic acids is 1. The first kappa shape index (κ1) is 16.3. The number of hydroxylamine groups is 1. The molecule has 2 fully saturated rings. The van der Waals surface area contributed by atoms with E-state index in [4.69, 9.17) is 9.57 Å². The van der Waals surface area contributed by atoms with Crippen LogP contribution in [0.4, 0.5) is 13.2 Å². The molecule has 1 saturated heterocycles. The highest BCUT2D eigenvalue weighted by molar-refractivity contribution is 5.82. The van der Waals surface area contributed by atoms with Crippen LogP contribution in [0, 0.1) is 5.92 Å². The summed E-state index contributed by atoms with van der Waals surface area (Å²) in [6.07, 6.45) is -1.40. The summed E-state index contributed by atoms with van der Waals surface area (Å²) in [6, 6.07) is 4.97. The Hall–Kier alpha value is -1.60. The second-order valence-electron chi connectivity index (χ2n) is 5.95. The van der Waals surface area contributed by atoms with Gasteiger partial charge in [-0.3, -0.25) is 4.79 Å². The summed E-state index contributed by atoms with van der Waals surface area (Å²) in [7, 11) is 0. The molecule has 1 N–H and O–H groups in total. The zero-order valence-corrected chi connectivity index (χ0v) is 12.4. The molecule has 23 heavy (non-hydrogen) atoms. The number of benzene rings is 1. The average molecular weight is 329 g/mol. The average Bonchev–Trinajstić information content (AvgIpc) is 3.34. The van der Waals surface area contributed by atoms with Gasteiger partial charge in [-0.15, -0.1) is 0 Å². The van der Waals surface area contributed by atoms with Gasteiger partial charge in [0.15, 0.2) is 6.29 Å². The Kier molecular flexibility index (Phi) is 4.59. The predicted octanol–water partition coefficient (Wildman–Crippen LogP) is 3.38. The molecule has 1 saturated carbocycles. The fraction of sp³-hybridized carbons (Fsp3) is 0.562. The van der Waals surface area contributed by atoms with Crippen LogP contribution in [0.1, 0.15) is 42.7 Å². The zero-order chi connectivity index (χ0) is 16.4. The van der Waals surface area contributed by atoms with E-state index in [1.807, 2.05) is 0 Å². The van der Waals surface area contributed by atoms with Gasteiger partial charge in [0.25, 0.3) is 0 Å². The third-order valence-corrected chi connectivity index (χ3v) is 4.22. The topological polar surface area (TPSA) is 47.6 Å². The van der Waals surface area contributed by atoms with Crippen molar-refractivity contribution in [1.29, 1.82) is 0 Å². The van der Waals surface area contributed by atoms with E-state index in [0.29, 0.717) is 13.0 Å². The minimum absolute atomic E-state index is 0.0480. The van der Waals surface area contributed by atoms with Crippen molar-refractivity contribution in [2.75, 3.05) is 6.61 Å². The maximum Gasteiger partial charge on any atom is 0.416 e. The quantitative estimate of drug-likeness (QED) is 0.862. The van der Waals surface area contributed by atoms with Crippen LogP contribution in [0.5, 0.6) is 0 Å². The SMILES string of the molecule is O=C(NO[C@@H]1CCCCO1)[C@@H]1C[C@@H]1c1ccc(C(F)(F)F)cc1. The molecule has 0 aromatic heterocycles. The molecular weight excluding hydrogens is 311 g/mol. The Morgan fingerprint density at radius 1 is 1.22 bits per heavy atom. The number of alkyl halides is 3. The van der Waals surface area contributed by atoms with Crippen LogP contribution in [-0.2, 0) is 20.5 Å². The highest BCUT2D eigenvalue weighted by Crippen LogP contribution is 2.48. The molecule has 1 heterocycles. The summed E-state index contributed by atoms with van der Waals surface area (Å²) in [6.45, 7) is 0.623. The predicted molar refractivity (Wildman–Crippen MR) is 75.1 cm³/mol. The van der Waals surface area contributed by atoms with Crippen molar-refractivity contribution in [3.8, 4) is 0 Å². The van der Waals surface area contributed by atoms with Gasteiger partial charge in [-0.25, -0.2) is 10.3 Å². The zero-order valence-electron chi connectivity index (χ0n) is 12.4. The van der Waals surface area contributed by atoms with E-state index < -0.39 is 18.0 Å². The van der Waals surface area contributed by atoms with Gasteiger partial charge in [-0.2, -0.15) is 13.2 Å². The molecule has 0 spiro atoms. The van der Waals surface area contributed by atoms with Gasteiger partial charge in [0.05, 0.1) is 5.56 Å². The first-order valence-electron chi connectivity index (χ1n) is 7.69. The van der Waals surface area contributed by atoms with Crippen molar-refractivity contribution >= 4 is 5.91 Å². The summed E-state index contributed by atoms with van der Waals surface area (Å²) in [4.78, 5) is 17.2. The lowest BCUT2D eigenvalue weighted by Crippen LogP contribution is -2.34. The molecule has 1 amide bonds. The standard InChI is InChI=1S/C16H18F3NO3/c17-16(18,19)11-6-4-10(5-7-11)12-9-13(12)15(21)20-23-14-3-1-2-8-22-14/h4-7,12-14H,1-3,8-9H2,(H,20,21)/t12-,13-,14-/m1/s1. The van der Waals surface area contributed by atoms with Crippen LogP contribution >= 0.6 is 0 Å². The van der Waals surface area contributed by atoms with Crippen molar-refractivity contribution in [2.24, 2.45) is 5.92 Å². The number of ether oxygens (including phenoxy) is 1. The molecule has 2 aliphatic rings. The Balaban J connectivity index is 1.49. The molecule has 0 radical (unpaired) electrons. The van der Waals surface area contributed by atoms with Crippen LogP contribution in [-0.4, -0.2) is 18.8 Å². The van der Waals surface area contributed by atoms with Crippen LogP contribution < -0.4 is 5.48 Å². The molecule has 126 valence electrons. The lowest BCUT2D eigenvalue weighted by Gasteiger charge is -2.22. The molecular formula is C16H18F3NO3. The highest BCUT2D eigenvalue weighted by Gasteiger charge is 2.44. The van der Waals surface area contributed by atoms with Gasteiger partial charge in [0.1, 0.15) is 0 Å². The Bertz CT molecular complexity index is 553. The molecule has 7 heteroatoms. The van der Waals surface area contributed by atoms with E-state index in [-0.39, 0.29) is 17.7 Å². The number of carbonyl (C=O) groups is 1. The maximum atomic E-state index is 12.5. The first-order valence-corrected chi connectivity index (χ1v) is 7.69. The summed E-state index contributed by atoms with van der Waals surface area (Å²) < 4.78 is 42.9. The fourth-order valence-corrected chi connectivity index (χ4v) is 2.78. The van der Waals surface area contributed by atoms with E-state index in [9.17, 15) is 18.0 Å². The third kappa shape index (κ3) is 4.03. The smallest absolute Gasteiger partial charge is 0.350 e. The fourth-order valence-electron chi connectivity index (χ4n) is 2.78. The van der Waals surface area contributed by atoms with Crippen molar-refractivity contribution in [3.05, 3.63) is 35.4 Å². The molecule has 0 unspecified atom stereocenters. The van der Waals surface area contributed by atoms with E-state index in [1.165, 1.54) is 12.1 Å². The van der Waals surface area contributed by atoms with Gasteiger partial charge in [0.2, 0.25) is 5.91 Å². The lowest BCUT2D eigenvalue weighted by molar-refractivity contribution is -0.201. The monoisotopic (exact) mass is 329 g/mol. The molecule has 1 aromatic rings. The third-order valence-electron chi connectivity index (χ3n) is 4.22. The van der Waals surface area contributed by atoms with Gasteiger partial charge in [-0.05, 0) is 42.9 Å². The minimum atomic E-state index is -4.34. The number of halogens is 3. The van der Waals surface area contributed by atoms with E-state index in [2.05, 4.69) is 5.48 Å². The number of hydrogen-bond donors (Lipinski definition) is 1. The van der Waals surface area contributed by atoms with Crippen LogP contribution in [0.15, 0.2) is 24.3 Å². The maximum absolute atomic E-state index is 12.5. The number of nitrogens with one attached hydrogen (secondary N) is 1. The van der Waals surface area contributed by atoms with Gasteiger partial charge in [0, 0.05) is 18.9 Å². The van der Waals surface area contributed by atoms with Gasteiger partial charge < -0.3 is 4.74 Å². The molecule has 0 bridgehead atoms. The number of amides is 1. The van der Waals surface area contributed by atoms with E-state index >= 15 is 0 Å². The normalized spacial score (nSPS) is 27.5. The Morgan fingerprint density at radius 3 is 2.57 bits per heavy atom. The van der Waals surface area contributed by atoms with E-state index in [0.717, 1.165) is 37.0 Å². The summed E-state index contributed by atoms with van der Waals surface area (Å²) >= 11 is 0. The second kappa shape index (κ2) is 6.49. The van der Waals surface area contributed by atoms with Crippen LogP contribution in [0.25, 0.3) is 0 Å². The van der Waals surface area contributed by atoms with Crippen molar-refractivity contribution in [2.45, 2.75) is 44.1 Å². The van der Waals surface area contributed by atoms with Crippen molar-refractivity contribution in [1.82, 2.24) is 5.48 Å². The van der Waals surface area contributed by atoms with Crippen LogP contribution in [0.3, 0.4) is 0 Å². The van der Waals surface area contributed by atoms with Crippen molar-refractivity contribution in [3.63, 3.8) is 0 Å². The Morgan fingerprint density at radius 2 is 1.96 bits per heavy atom. The molecule has 3 rings (SSSR count). The number of rotatable bonds is 4. The highest BCUT2D eigenvalue weighted by atomic mass is 19.4. The first-order chi connectivity index (χ1) is 10.9. The molecule has 1 aliphatic carbocycles. The molecule has 4 nitrogen and oxygen atoms in total. The summed E-state index contributed by atoms with van der Waals surface area (Å²) in [5.41, 5.74) is 2.47. The van der Waals surface area contributed by atoms with Crippen molar-refractivity contribution < 1.29 is 27.5 Å². The van der Waals surface area contributed by atoms with Gasteiger partial charge in [-0.1, -0.05) is 12.1 Å². The van der Waals surface area contributed by atoms with Gasteiger partial charge >= 0.3 is 6.18 Å². The van der Waals surface area contributed by atoms with E-state index in [1.54, 1.807) is 0 Å². The molecule has 1 aliphatic heterocycles. The summed E-state index contributed by atoms with van der Waals surface area (Å²) in [5, 5.41) is 0. The molecule has 1 aromatic carbocycles. The largest absolute Gasteiger partial charge is 0.416 e. The second-order valence-corrected chi connectivity index (χ2v) is 5.95. The lowest BCUT2D eigenvalue weighted by atomic mass is 10.1. The summed E-state index contributed by atoms with van der Waals surface area (Å²) in [5.74, 6) is -0.549. The minimum Gasteiger partial charge on any atom is -0.350 e. The van der Waals surface area contributed by atoms with Crippen LogP contribution in [0.2, 0.25) is 0 Å². The Labute approximate surface area is 131 Å². The number of hydrogen-bond acceptors (Lipinski definition) is 3. The molecule has 3 atom stereocenters.